The van der Waals surface area contributed by atoms with Crippen LogP contribution in [0.1, 0.15) is 41.6 Å². The zero-order chi connectivity index (χ0) is 13.1. The van der Waals surface area contributed by atoms with E-state index in [0.717, 1.165) is 37.6 Å². The third-order valence-electron chi connectivity index (χ3n) is 3.57. The molecule has 19 heavy (non-hydrogen) atoms. The van der Waals surface area contributed by atoms with E-state index in [-0.39, 0.29) is 0 Å². The van der Waals surface area contributed by atoms with Crippen molar-refractivity contribution in [1.82, 2.24) is 15.5 Å². The number of hydrogen-bond donors (Lipinski definition) is 1. The Hall–Kier alpha value is -1.68. The van der Waals surface area contributed by atoms with Crippen molar-refractivity contribution in [2.75, 3.05) is 13.1 Å². The number of hydrogen-bond acceptors (Lipinski definition) is 4. The molecule has 4 heteroatoms. The van der Waals surface area contributed by atoms with Crippen molar-refractivity contribution >= 4 is 0 Å². The van der Waals surface area contributed by atoms with Gasteiger partial charge in [-0.25, -0.2) is 0 Å². The third-order valence-corrected chi connectivity index (χ3v) is 3.57. The zero-order valence-electron chi connectivity index (χ0n) is 11.2. The first-order valence-electron chi connectivity index (χ1n) is 6.90. The van der Waals surface area contributed by atoms with E-state index in [9.17, 15) is 0 Å². The Morgan fingerprint density at radius 1 is 1.42 bits per heavy atom. The third kappa shape index (κ3) is 3.01. The lowest BCUT2D eigenvalue weighted by Gasteiger charge is -2.18. The maximum Gasteiger partial charge on any atom is 0.231 e. The van der Waals surface area contributed by atoms with E-state index in [1.54, 1.807) is 0 Å². The summed E-state index contributed by atoms with van der Waals surface area (Å²) in [5.74, 6) is 1.95. The maximum atomic E-state index is 5.41. The van der Waals surface area contributed by atoms with Gasteiger partial charge in [-0.3, -0.25) is 0 Å². The van der Waals surface area contributed by atoms with Crippen LogP contribution in [0.4, 0.5) is 0 Å². The molecule has 4 nitrogen and oxygen atoms in total. The Morgan fingerprint density at radius 2 is 2.37 bits per heavy atom. The van der Waals surface area contributed by atoms with Crippen LogP contribution in [0.25, 0.3) is 0 Å². The van der Waals surface area contributed by atoms with Crippen LogP contribution in [-0.2, 0) is 6.42 Å². The van der Waals surface area contributed by atoms with Gasteiger partial charge in [0.15, 0.2) is 5.82 Å². The molecule has 0 radical (unpaired) electrons. The normalized spacial score (nSPS) is 19.5. The molecule has 3 rings (SSSR count). The van der Waals surface area contributed by atoms with E-state index in [1.807, 2.05) is 0 Å². The molecule has 1 fully saturated rings. The van der Waals surface area contributed by atoms with Crippen molar-refractivity contribution in [2.45, 2.75) is 32.1 Å². The second kappa shape index (κ2) is 5.53. The van der Waals surface area contributed by atoms with Crippen molar-refractivity contribution in [2.24, 2.45) is 0 Å². The standard InChI is InChI=1S/C15H19N3O/c1-11-4-2-5-12(8-11)9-14-17-15(19-18-14)13-6-3-7-16-10-13/h2,4-5,8,13,16H,3,6-7,9-10H2,1H3/t13-/m0/s1. The first-order chi connectivity index (χ1) is 9.31. The van der Waals surface area contributed by atoms with E-state index < -0.39 is 0 Å². The number of aromatic nitrogens is 2. The van der Waals surface area contributed by atoms with E-state index >= 15 is 0 Å². The Kier molecular flexibility index (Phi) is 3.60. The maximum absolute atomic E-state index is 5.41. The number of benzene rings is 1. The molecule has 1 atom stereocenters. The molecule has 0 spiro atoms. The topological polar surface area (TPSA) is 51.0 Å². The Bertz CT molecular complexity index is 544. The molecule has 1 aromatic heterocycles. The lowest BCUT2D eigenvalue weighted by atomic mass is 10.00. The minimum Gasteiger partial charge on any atom is -0.339 e. The molecule has 2 aromatic rings. The minimum atomic E-state index is 0.382. The number of piperidine rings is 1. The van der Waals surface area contributed by atoms with Crippen molar-refractivity contribution in [3.8, 4) is 0 Å². The summed E-state index contributed by atoms with van der Waals surface area (Å²) in [4.78, 5) is 4.54. The van der Waals surface area contributed by atoms with Crippen LogP contribution in [0.2, 0.25) is 0 Å². The number of aryl methyl sites for hydroxylation is 1. The van der Waals surface area contributed by atoms with Gasteiger partial charge in [0.25, 0.3) is 0 Å². The van der Waals surface area contributed by atoms with Crippen LogP contribution in [0.15, 0.2) is 28.8 Å². The highest BCUT2D eigenvalue weighted by Crippen LogP contribution is 2.21. The molecule has 0 bridgehead atoms. The smallest absolute Gasteiger partial charge is 0.231 e. The van der Waals surface area contributed by atoms with Crippen LogP contribution in [-0.4, -0.2) is 23.2 Å². The molecule has 2 heterocycles. The van der Waals surface area contributed by atoms with Crippen LogP contribution < -0.4 is 5.32 Å². The summed E-state index contributed by atoms with van der Waals surface area (Å²) in [6.07, 6.45) is 3.06. The van der Waals surface area contributed by atoms with E-state index in [4.69, 9.17) is 4.52 Å². The van der Waals surface area contributed by atoms with Crippen molar-refractivity contribution < 1.29 is 4.52 Å². The fourth-order valence-electron chi connectivity index (χ4n) is 2.57. The van der Waals surface area contributed by atoms with Crippen molar-refractivity contribution in [1.29, 1.82) is 0 Å². The Balaban J connectivity index is 1.70. The number of nitrogens with zero attached hydrogens (tertiary/aromatic N) is 2. The molecule has 1 saturated heterocycles. The summed E-state index contributed by atoms with van der Waals surface area (Å²) in [5, 5.41) is 7.47. The van der Waals surface area contributed by atoms with Gasteiger partial charge in [0, 0.05) is 13.0 Å². The van der Waals surface area contributed by atoms with Gasteiger partial charge in [-0.2, -0.15) is 4.98 Å². The van der Waals surface area contributed by atoms with Gasteiger partial charge >= 0.3 is 0 Å². The fraction of sp³-hybridized carbons (Fsp3) is 0.467. The molecule has 0 amide bonds. The summed E-state index contributed by atoms with van der Waals surface area (Å²) < 4.78 is 5.41. The summed E-state index contributed by atoms with van der Waals surface area (Å²) in [7, 11) is 0. The average Bonchev–Trinajstić information content (AvgIpc) is 2.88. The monoisotopic (exact) mass is 257 g/mol. The predicted octanol–water partition coefficient (Wildman–Crippen LogP) is 2.44. The molecule has 1 aliphatic rings. The average molecular weight is 257 g/mol. The first kappa shape index (κ1) is 12.4. The van der Waals surface area contributed by atoms with Gasteiger partial charge in [-0.05, 0) is 31.9 Å². The van der Waals surface area contributed by atoms with Gasteiger partial charge in [0.1, 0.15) is 0 Å². The fourth-order valence-corrected chi connectivity index (χ4v) is 2.57. The minimum absolute atomic E-state index is 0.382. The number of nitrogens with one attached hydrogen (secondary N) is 1. The quantitative estimate of drug-likeness (QED) is 0.917. The van der Waals surface area contributed by atoms with Crippen molar-refractivity contribution in [3.63, 3.8) is 0 Å². The second-order valence-electron chi connectivity index (χ2n) is 5.26. The van der Waals surface area contributed by atoms with E-state index in [0.29, 0.717) is 5.92 Å². The summed E-state index contributed by atoms with van der Waals surface area (Å²) in [6, 6.07) is 8.43. The molecule has 1 aliphatic heterocycles. The molecule has 100 valence electrons. The Labute approximate surface area is 113 Å². The SMILES string of the molecule is Cc1cccc(Cc2noc([C@H]3CCCNC3)n2)c1. The van der Waals surface area contributed by atoms with Crippen LogP contribution in [0, 0.1) is 6.92 Å². The molecule has 0 saturated carbocycles. The molecule has 0 aliphatic carbocycles. The van der Waals surface area contributed by atoms with Gasteiger partial charge in [-0.1, -0.05) is 35.0 Å². The molecular weight excluding hydrogens is 238 g/mol. The van der Waals surface area contributed by atoms with Gasteiger partial charge in [0.05, 0.1) is 5.92 Å². The first-order valence-corrected chi connectivity index (χ1v) is 6.90. The van der Waals surface area contributed by atoms with E-state index in [2.05, 4.69) is 46.6 Å². The largest absolute Gasteiger partial charge is 0.339 e. The molecule has 1 aromatic carbocycles. The lowest BCUT2D eigenvalue weighted by molar-refractivity contribution is 0.320. The number of rotatable bonds is 3. The van der Waals surface area contributed by atoms with Crippen LogP contribution in [0.3, 0.4) is 0 Å². The van der Waals surface area contributed by atoms with Crippen molar-refractivity contribution in [3.05, 3.63) is 47.1 Å². The zero-order valence-corrected chi connectivity index (χ0v) is 11.2. The predicted molar refractivity (Wildman–Crippen MR) is 73.1 cm³/mol. The summed E-state index contributed by atoms with van der Waals surface area (Å²) >= 11 is 0. The summed E-state index contributed by atoms with van der Waals surface area (Å²) in [6.45, 7) is 4.14. The lowest BCUT2D eigenvalue weighted by Crippen LogP contribution is -2.28. The van der Waals surface area contributed by atoms with Crippen LogP contribution >= 0.6 is 0 Å². The molecule has 0 unspecified atom stereocenters. The van der Waals surface area contributed by atoms with Crippen LogP contribution in [0.5, 0.6) is 0 Å². The highest BCUT2D eigenvalue weighted by Gasteiger charge is 2.21. The van der Waals surface area contributed by atoms with Gasteiger partial charge < -0.3 is 9.84 Å². The highest BCUT2D eigenvalue weighted by atomic mass is 16.5. The second-order valence-corrected chi connectivity index (χ2v) is 5.26. The molecular formula is C15H19N3O. The van der Waals surface area contributed by atoms with Gasteiger partial charge in [-0.15, -0.1) is 0 Å². The summed E-state index contributed by atoms with van der Waals surface area (Å²) in [5.41, 5.74) is 2.49. The van der Waals surface area contributed by atoms with E-state index in [1.165, 1.54) is 17.5 Å². The highest BCUT2D eigenvalue weighted by molar-refractivity contribution is 5.24. The molecule has 1 N–H and O–H groups in total. The Morgan fingerprint density at radius 3 is 3.16 bits per heavy atom. The van der Waals surface area contributed by atoms with Gasteiger partial charge in [0.2, 0.25) is 5.89 Å².